The number of hydrogen-bond acceptors (Lipinski definition) is 2. The Morgan fingerprint density at radius 1 is 1.27 bits per heavy atom. The fraction of sp³-hybridized carbons (Fsp3) is 0.500. The molecule has 4 nitrogen and oxygen atoms in total. The molecular weight excluding hydrogens is 274 g/mol. The maximum absolute atomic E-state index is 12.7. The number of benzene rings is 1. The van der Waals surface area contributed by atoms with Crippen LogP contribution in [0.2, 0.25) is 0 Å². The van der Waals surface area contributed by atoms with E-state index < -0.39 is 0 Å². The molecule has 22 heavy (non-hydrogen) atoms. The zero-order valence-electron chi connectivity index (χ0n) is 13.1. The van der Waals surface area contributed by atoms with Crippen LogP contribution in [-0.4, -0.2) is 42.0 Å². The standard InChI is InChI=1S/C18H23N3O/c1-12-3-2-4-14-15-11-13(5-6-16(15)20-17(12)14)18(22)21-9-7-19-8-10-21/h5-6,11-12,19-20H,2-4,7-10H2,1H3. The van der Waals surface area contributed by atoms with Gasteiger partial charge in [-0.2, -0.15) is 0 Å². The predicted octanol–water partition coefficient (Wildman–Crippen LogP) is 2.65. The summed E-state index contributed by atoms with van der Waals surface area (Å²) < 4.78 is 0. The number of carbonyl (C=O) groups excluding carboxylic acids is 1. The Hall–Kier alpha value is -1.81. The molecule has 1 aliphatic heterocycles. The minimum Gasteiger partial charge on any atom is -0.358 e. The molecule has 1 unspecified atom stereocenters. The quantitative estimate of drug-likeness (QED) is 0.850. The number of hydrogen-bond donors (Lipinski definition) is 2. The first-order valence-corrected chi connectivity index (χ1v) is 8.38. The van der Waals surface area contributed by atoms with Crippen molar-refractivity contribution in [2.45, 2.75) is 32.1 Å². The smallest absolute Gasteiger partial charge is 0.253 e. The van der Waals surface area contributed by atoms with Crippen LogP contribution in [0.15, 0.2) is 18.2 Å². The van der Waals surface area contributed by atoms with Crippen molar-refractivity contribution in [3.05, 3.63) is 35.0 Å². The highest BCUT2D eigenvalue weighted by Gasteiger charge is 2.23. The zero-order valence-corrected chi connectivity index (χ0v) is 13.1. The van der Waals surface area contributed by atoms with E-state index in [1.54, 1.807) is 0 Å². The number of aromatic amines is 1. The van der Waals surface area contributed by atoms with E-state index in [1.165, 1.54) is 35.0 Å². The molecule has 1 aromatic carbocycles. The number of rotatable bonds is 1. The molecule has 0 bridgehead atoms. The Kier molecular flexibility index (Phi) is 3.41. The van der Waals surface area contributed by atoms with Gasteiger partial charge in [0.15, 0.2) is 0 Å². The highest BCUT2D eigenvalue weighted by atomic mass is 16.2. The molecule has 116 valence electrons. The third kappa shape index (κ3) is 2.22. The molecule has 1 aromatic heterocycles. The zero-order chi connectivity index (χ0) is 15.1. The number of nitrogens with one attached hydrogen (secondary N) is 2. The van der Waals surface area contributed by atoms with E-state index in [0.717, 1.165) is 38.2 Å². The number of carbonyl (C=O) groups is 1. The molecule has 0 saturated carbocycles. The van der Waals surface area contributed by atoms with Crippen LogP contribution in [-0.2, 0) is 6.42 Å². The number of fused-ring (bicyclic) bond motifs is 3. The summed E-state index contributed by atoms with van der Waals surface area (Å²) in [5.74, 6) is 0.769. The van der Waals surface area contributed by atoms with Crippen molar-refractivity contribution in [2.24, 2.45) is 0 Å². The van der Waals surface area contributed by atoms with E-state index in [0.29, 0.717) is 5.92 Å². The van der Waals surface area contributed by atoms with Gasteiger partial charge >= 0.3 is 0 Å². The van der Waals surface area contributed by atoms with E-state index in [-0.39, 0.29) is 5.91 Å². The van der Waals surface area contributed by atoms with E-state index in [9.17, 15) is 4.79 Å². The molecule has 0 radical (unpaired) electrons. The fourth-order valence-electron chi connectivity index (χ4n) is 3.87. The van der Waals surface area contributed by atoms with Crippen LogP contribution in [0.3, 0.4) is 0 Å². The average Bonchev–Trinajstić information content (AvgIpc) is 2.94. The largest absolute Gasteiger partial charge is 0.358 e. The van der Waals surface area contributed by atoms with Gasteiger partial charge in [0.05, 0.1) is 0 Å². The molecule has 1 atom stereocenters. The van der Waals surface area contributed by atoms with Crippen molar-refractivity contribution in [3.63, 3.8) is 0 Å². The molecular formula is C18H23N3O. The van der Waals surface area contributed by atoms with E-state index >= 15 is 0 Å². The second-order valence-corrected chi connectivity index (χ2v) is 6.61. The SMILES string of the molecule is CC1CCCc2c1[nH]c1ccc(C(=O)N3CCNCC3)cc21. The third-order valence-corrected chi connectivity index (χ3v) is 5.15. The van der Waals surface area contributed by atoms with Gasteiger partial charge in [-0.1, -0.05) is 6.92 Å². The first kappa shape index (κ1) is 13.8. The Labute approximate surface area is 130 Å². The summed E-state index contributed by atoms with van der Waals surface area (Å²) in [4.78, 5) is 18.2. The Morgan fingerprint density at radius 2 is 2.09 bits per heavy atom. The first-order valence-electron chi connectivity index (χ1n) is 8.38. The highest BCUT2D eigenvalue weighted by molar-refractivity contribution is 5.99. The minimum absolute atomic E-state index is 0.169. The van der Waals surface area contributed by atoms with Crippen LogP contribution in [0.4, 0.5) is 0 Å². The van der Waals surface area contributed by atoms with Crippen LogP contribution in [0, 0.1) is 0 Å². The summed E-state index contributed by atoms with van der Waals surface area (Å²) in [6, 6.07) is 6.15. The molecule has 0 spiro atoms. The summed E-state index contributed by atoms with van der Waals surface area (Å²) in [6.07, 6.45) is 3.63. The van der Waals surface area contributed by atoms with Crippen molar-refractivity contribution < 1.29 is 4.79 Å². The molecule has 1 amide bonds. The lowest BCUT2D eigenvalue weighted by atomic mass is 9.88. The van der Waals surface area contributed by atoms with Gasteiger partial charge in [0.25, 0.3) is 5.91 Å². The van der Waals surface area contributed by atoms with Gasteiger partial charge in [0, 0.05) is 48.3 Å². The van der Waals surface area contributed by atoms with E-state index in [4.69, 9.17) is 0 Å². The van der Waals surface area contributed by atoms with Gasteiger partial charge < -0.3 is 15.2 Å². The molecule has 4 heteroatoms. The van der Waals surface area contributed by atoms with Gasteiger partial charge in [-0.15, -0.1) is 0 Å². The van der Waals surface area contributed by atoms with Crippen LogP contribution in [0.25, 0.3) is 10.9 Å². The maximum atomic E-state index is 12.7. The summed E-state index contributed by atoms with van der Waals surface area (Å²) >= 11 is 0. The monoisotopic (exact) mass is 297 g/mol. The van der Waals surface area contributed by atoms with Crippen LogP contribution in [0.1, 0.15) is 47.3 Å². The second kappa shape index (κ2) is 5.43. The van der Waals surface area contributed by atoms with Gasteiger partial charge in [0.2, 0.25) is 0 Å². The van der Waals surface area contributed by atoms with Crippen molar-refractivity contribution in [1.82, 2.24) is 15.2 Å². The lowest BCUT2D eigenvalue weighted by molar-refractivity contribution is 0.0736. The number of H-pyrrole nitrogens is 1. The molecule has 2 aliphatic rings. The second-order valence-electron chi connectivity index (χ2n) is 6.61. The first-order chi connectivity index (χ1) is 10.7. The van der Waals surface area contributed by atoms with Gasteiger partial charge in [-0.3, -0.25) is 4.79 Å². The fourth-order valence-corrected chi connectivity index (χ4v) is 3.87. The number of nitrogens with zero attached hydrogens (tertiary/aromatic N) is 1. The maximum Gasteiger partial charge on any atom is 0.253 e. The molecule has 2 aromatic rings. The molecule has 2 N–H and O–H groups in total. The third-order valence-electron chi connectivity index (χ3n) is 5.15. The van der Waals surface area contributed by atoms with Crippen molar-refractivity contribution in [2.75, 3.05) is 26.2 Å². The van der Waals surface area contributed by atoms with Crippen molar-refractivity contribution >= 4 is 16.8 Å². The number of amides is 1. The van der Waals surface area contributed by atoms with Crippen molar-refractivity contribution in [1.29, 1.82) is 0 Å². The Bertz CT molecular complexity index is 712. The van der Waals surface area contributed by atoms with Gasteiger partial charge in [-0.05, 0) is 48.9 Å². The topological polar surface area (TPSA) is 48.1 Å². The molecule has 1 fully saturated rings. The number of aromatic nitrogens is 1. The Morgan fingerprint density at radius 3 is 2.91 bits per heavy atom. The molecule has 1 aliphatic carbocycles. The average molecular weight is 297 g/mol. The van der Waals surface area contributed by atoms with E-state index in [2.05, 4.69) is 29.4 Å². The van der Waals surface area contributed by atoms with Gasteiger partial charge in [0.1, 0.15) is 0 Å². The van der Waals surface area contributed by atoms with Gasteiger partial charge in [-0.25, -0.2) is 0 Å². The van der Waals surface area contributed by atoms with Crippen LogP contribution >= 0.6 is 0 Å². The number of piperazine rings is 1. The molecule has 2 heterocycles. The number of aryl methyl sites for hydroxylation is 1. The van der Waals surface area contributed by atoms with Crippen LogP contribution in [0.5, 0.6) is 0 Å². The van der Waals surface area contributed by atoms with Crippen molar-refractivity contribution in [3.8, 4) is 0 Å². The predicted molar refractivity (Wildman–Crippen MR) is 88.4 cm³/mol. The molecule has 4 rings (SSSR count). The summed E-state index contributed by atoms with van der Waals surface area (Å²) in [6.45, 7) is 5.69. The highest BCUT2D eigenvalue weighted by Crippen LogP contribution is 2.36. The minimum atomic E-state index is 0.169. The van der Waals surface area contributed by atoms with Crippen LogP contribution < -0.4 is 5.32 Å². The normalized spacial score (nSPS) is 21.9. The summed E-state index contributed by atoms with van der Waals surface area (Å²) in [5, 5.41) is 4.55. The molecule has 1 saturated heterocycles. The summed E-state index contributed by atoms with van der Waals surface area (Å²) in [5.41, 5.74) is 4.82. The van der Waals surface area contributed by atoms with E-state index in [1.807, 2.05) is 11.0 Å². The Balaban J connectivity index is 1.72. The summed E-state index contributed by atoms with van der Waals surface area (Å²) in [7, 11) is 0. The lowest BCUT2D eigenvalue weighted by Gasteiger charge is -2.27. The lowest BCUT2D eigenvalue weighted by Crippen LogP contribution is -2.46.